The van der Waals surface area contributed by atoms with Gasteiger partial charge in [-0.05, 0) is 72.4 Å². The van der Waals surface area contributed by atoms with Gasteiger partial charge in [0.15, 0.2) is 0 Å². The molecule has 2 aliphatic rings. The lowest BCUT2D eigenvalue weighted by Gasteiger charge is -2.49. The van der Waals surface area contributed by atoms with E-state index >= 15 is 0 Å². The molecule has 2 rings (SSSR count). The molecule has 3 heteroatoms. The molecule has 19 heavy (non-hydrogen) atoms. The van der Waals surface area contributed by atoms with E-state index in [1.165, 1.54) is 25.9 Å². The first-order valence-corrected chi connectivity index (χ1v) is 8.04. The number of halogens is 1. The fourth-order valence-corrected chi connectivity index (χ4v) is 3.80. The molecule has 0 atom stereocenters. The zero-order chi connectivity index (χ0) is 14.0. The summed E-state index contributed by atoms with van der Waals surface area (Å²) in [4.78, 5) is 5.12. The van der Waals surface area contributed by atoms with Gasteiger partial charge in [0.2, 0.25) is 0 Å². The normalized spacial score (nSPS) is 26.2. The Balaban J connectivity index is 1.90. The SMILES string of the molecule is CC(C)N1CCC(C(C)(C)N2CCC(F)CC2)CC1. The van der Waals surface area contributed by atoms with E-state index in [0.29, 0.717) is 6.04 Å². The minimum Gasteiger partial charge on any atom is -0.301 e. The molecule has 0 aromatic carbocycles. The first-order chi connectivity index (χ1) is 8.91. The molecule has 0 saturated carbocycles. The summed E-state index contributed by atoms with van der Waals surface area (Å²) in [6, 6.07) is 0.673. The first-order valence-electron chi connectivity index (χ1n) is 8.04. The lowest BCUT2D eigenvalue weighted by atomic mass is 9.78. The zero-order valence-corrected chi connectivity index (χ0v) is 13.2. The molecular formula is C16H31FN2. The number of nitrogens with zero attached hydrogens (tertiary/aromatic N) is 2. The summed E-state index contributed by atoms with van der Waals surface area (Å²) in [5.74, 6) is 0.763. The fourth-order valence-electron chi connectivity index (χ4n) is 3.80. The van der Waals surface area contributed by atoms with Gasteiger partial charge in [-0.3, -0.25) is 4.90 Å². The number of hydrogen-bond donors (Lipinski definition) is 0. The van der Waals surface area contributed by atoms with Gasteiger partial charge in [0.25, 0.3) is 0 Å². The summed E-state index contributed by atoms with van der Waals surface area (Å²) in [5, 5.41) is 0. The number of likely N-dealkylation sites (tertiary alicyclic amines) is 2. The van der Waals surface area contributed by atoms with Gasteiger partial charge in [0, 0.05) is 24.7 Å². The predicted molar refractivity (Wildman–Crippen MR) is 79.2 cm³/mol. The minimum absolute atomic E-state index is 0.239. The molecule has 0 aliphatic carbocycles. The average molecular weight is 270 g/mol. The van der Waals surface area contributed by atoms with E-state index in [4.69, 9.17) is 0 Å². The molecular weight excluding hydrogens is 239 g/mol. The summed E-state index contributed by atoms with van der Waals surface area (Å²) in [6.45, 7) is 13.7. The van der Waals surface area contributed by atoms with Crippen molar-refractivity contribution in [2.45, 2.75) is 71.1 Å². The summed E-state index contributed by atoms with van der Waals surface area (Å²) in [7, 11) is 0. The van der Waals surface area contributed by atoms with Crippen LogP contribution in [-0.4, -0.2) is 53.7 Å². The van der Waals surface area contributed by atoms with E-state index in [1.807, 2.05) is 0 Å². The van der Waals surface area contributed by atoms with E-state index in [0.717, 1.165) is 31.8 Å². The van der Waals surface area contributed by atoms with Crippen molar-refractivity contribution in [1.29, 1.82) is 0 Å². The summed E-state index contributed by atoms with van der Waals surface area (Å²) in [5.41, 5.74) is 0.239. The van der Waals surface area contributed by atoms with Crippen LogP contribution in [0.2, 0.25) is 0 Å². The molecule has 2 saturated heterocycles. The average Bonchev–Trinajstić information content (AvgIpc) is 2.39. The molecule has 0 spiro atoms. The lowest BCUT2D eigenvalue weighted by Crippen LogP contribution is -2.55. The molecule has 2 heterocycles. The second-order valence-corrected chi connectivity index (χ2v) is 7.22. The van der Waals surface area contributed by atoms with E-state index in [9.17, 15) is 4.39 Å². The van der Waals surface area contributed by atoms with Crippen LogP contribution in [0, 0.1) is 5.92 Å². The smallest absolute Gasteiger partial charge is 0.103 e. The third-order valence-electron chi connectivity index (χ3n) is 5.50. The van der Waals surface area contributed by atoms with Crippen LogP contribution in [0.5, 0.6) is 0 Å². The molecule has 0 bridgehead atoms. The largest absolute Gasteiger partial charge is 0.301 e. The van der Waals surface area contributed by atoms with E-state index in [-0.39, 0.29) is 5.54 Å². The highest BCUT2D eigenvalue weighted by Gasteiger charge is 2.38. The highest BCUT2D eigenvalue weighted by molar-refractivity contribution is 4.93. The highest BCUT2D eigenvalue weighted by atomic mass is 19.1. The van der Waals surface area contributed by atoms with Crippen molar-refractivity contribution in [2.24, 2.45) is 5.92 Å². The number of rotatable bonds is 3. The topological polar surface area (TPSA) is 6.48 Å². The van der Waals surface area contributed by atoms with Crippen LogP contribution in [0.15, 0.2) is 0 Å². The molecule has 2 fully saturated rings. The third-order valence-corrected chi connectivity index (χ3v) is 5.50. The number of piperidine rings is 2. The summed E-state index contributed by atoms with van der Waals surface area (Å²) in [6.07, 6.45) is 3.49. The Morgan fingerprint density at radius 1 is 0.947 bits per heavy atom. The van der Waals surface area contributed by atoms with Crippen molar-refractivity contribution in [2.75, 3.05) is 26.2 Å². The van der Waals surface area contributed by atoms with Crippen LogP contribution in [0.3, 0.4) is 0 Å². The monoisotopic (exact) mass is 270 g/mol. The van der Waals surface area contributed by atoms with Gasteiger partial charge in [-0.25, -0.2) is 4.39 Å². The maximum Gasteiger partial charge on any atom is 0.103 e. The predicted octanol–water partition coefficient (Wildman–Crippen LogP) is 3.32. The maximum absolute atomic E-state index is 13.3. The molecule has 0 radical (unpaired) electrons. The maximum atomic E-state index is 13.3. The van der Waals surface area contributed by atoms with E-state index < -0.39 is 6.17 Å². The second-order valence-electron chi connectivity index (χ2n) is 7.22. The highest BCUT2D eigenvalue weighted by Crippen LogP contribution is 2.35. The fraction of sp³-hybridized carbons (Fsp3) is 1.00. The molecule has 0 unspecified atom stereocenters. The van der Waals surface area contributed by atoms with Crippen molar-refractivity contribution >= 4 is 0 Å². The Bertz CT molecular complexity index is 274. The Morgan fingerprint density at radius 2 is 1.47 bits per heavy atom. The Morgan fingerprint density at radius 3 is 1.95 bits per heavy atom. The Kier molecular flexibility index (Phi) is 4.88. The Labute approximate surface area is 118 Å². The summed E-state index contributed by atoms with van der Waals surface area (Å²) < 4.78 is 13.3. The lowest BCUT2D eigenvalue weighted by molar-refractivity contribution is -0.00345. The quantitative estimate of drug-likeness (QED) is 0.776. The van der Waals surface area contributed by atoms with Crippen LogP contribution in [-0.2, 0) is 0 Å². The second kappa shape index (κ2) is 6.09. The molecule has 112 valence electrons. The van der Waals surface area contributed by atoms with Crippen LogP contribution < -0.4 is 0 Å². The summed E-state index contributed by atoms with van der Waals surface area (Å²) >= 11 is 0. The van der Waals surface area contributed by atoms with Crippen molar-refractivity contribution < 1.29 is 4.39 Å². The van der Waals surface area contributed by atoms with Gasteiger partial charge in [-0.2, -0.15) is 0 Å². The number of hydrogen-bond acceptors (Lipinski definition) is 2. The molecule has 0 aromatic heterocycles. The van der Waals surface area contributed by atoms with Gasteiger partial charge in [-0.15, -0.1) is 0 Å². The molecule has 2 aliphatic heterocycles. The van der Waals surface area contributed by atoms with Crippen LogP contribution in [0.4, 0.5) is 4.39 Å². The van der Waals surface area contributed by atoms with Crippen LogP contribution in [0.25, 0.3) is 0 Å². The number of alkyl halides is 1. The molecule has 2 nitrogen and oxygen atoms in total. The van der Waals surface area contributed by atoms with Crippen molar-refractivity contribution in [3.8, 4) is 0 Å². The molecule has 0 aromatic rings. The van der Waals surface area contributed by atoms with Crippen molar-refractivity contribution in [3.63, 3.8) is 0 Å². The molecule has 0 amide bonds. The molecule has 0 N–H and O–H groups in total. The minimum atomic E-state index is -0.560. The van der Waals surface area contributed by atoms with Crippen molar-refractivity contribution in [1.82, 2.24) is 9.80 Å². The van der Waals surface area contributed by atoms with Crippen LogP contribution in [0.1, 0.15) is 53.4 Å². The van der Waals surface area contributed by atoms with E-state index in [1.54, 1.807) is 0 Å². The Hall–Kier alpha value is -0.150. The third kappa shape index (κ3) is 3.49. The van der Waals surface area contributed by atoms with Gasteiger partial charge in [0.05, 0.1) is 0 Å². The standard InChI is InChI=1S/C16H31FN2/c1-13(2)18-9-5-14(6-10-18)16(3,4)19-11-7-15(17)8-12-19/h13-15H,5-12H2,1-4H3. The van der Waals surface area contributed by atoms with Gasteiger partial charge >= 0.3 is 0 Å². The van der Waals surface area contributed by atoms with Gasteiger partial charge in [0.1, 0.15) is 6.17 Å². The van der Waals surface area contributed by atoms with E-state index in [2.05, 4.69) is 37.5 Å². The van der Waals surface area contributed by atoms with Crippen LogP contribution >= 0.6 is 0 Å². The zero-order valence-electron chi connectivity index (χ0n) is 13.2. The van der Waals surface area contributed by atoms with Crippen molar-refractivity contribution in [3.05, 3.63) is 0 Å². The van der Waals surface area contributed by atoms with Gasteiger partial charge in [-0.1, -0.05) is 0 Å². The van der Waals surface area contributed by atoms with Gasteiger partial charge < -0.3 is 4.90 Å². The first kappa shape index (κ1) is 15.2.